The van der Waals surface area contributed by atoms with Crippen molar-refractivity contribution in [2.45, 2.75) is 26.4 Å². The molecule has 0 aromatic heterocycles. The Hall–Kier alpha value is -2.53. The number of piperazine rings is 1. The minimum absolute atomic E-state index is 0.0611. The van der Waals surface area contributed by atoms with E-state index in [0.717, 1.165) is 38.4 Å². The first kappa shape index (κ1) is 18.3. The van der Waals surface area contributed by atoms with Gasteiger partial charge in [0.05, 0.1) is 5.56 Å². The fourth-order valence-electron chi connectivity index (χ4n) is 3.34. The van der Waals surface area contributed by atoms with Crippen LogP contribution < -0.4 is 16.0 Å². The molecule has 2 aromatic rings. The van der Waals surface area contributed by atoms with Gasteiger partial charge in [-0.25, -0.2) is 0 Å². The van der Waals surface area contributed by atoms with Gasteiger partial charge in [-0.3, -0.25) is 9.69 Å². The second kappa shape index (κ2) is 8.23. The molecule has 2 aromatic carbocycles. The SMILES string of the molecule is CC(C)NC(=O)c1cc(N)ccc1N1CCN(Cc2ccccc2)CC1. The zero-order valence-corrected chi connectivity index (χ0v) is 15.6. The van der Waals surface area contributed by atoms with Gasteiger partial charge in [0.15, 0.2) is 0 Å². The summed E-state index contributed by atoms with van der Waals surface area (Å²) < 4.78 is 0. The lowest BCUT2D eigenvalue weighted by molar-refractivity contribution is 0.0943. The minimum atomic E-state index is -0.0611. The van der Waals surface area contributed by atoms with Crippen LogP contribution in [0, 0.1) is 0 Å². The molecule has 1 saturated heterocycles. The summed E-state index contributed by atoms with van der Waals surface area (Å²) >= 11 is 0. The average molecular weight is 352 g/mol. The van der Waals surface area contributed by atoms with E-state index in [-0.39, 0.29) is 11.9 Å². The summed E-state index contributed by atoms with van der Waals surface area (Å²) in [6.45, 7) is 8.65. The number of benzene rings is 2. The normalized spacial score (nSPS) is 15.3. The molecule has 1 fully saturated rings. The number of anilines is 2. The van der Waals surface area contributed by atoms with Crippen molar-refractivity contribution < 1.29 is 4.79 Å². The van der Waals surface area contributed by atoms with Crippen LogP contribution in [0.2, 0.25) is 0 Å². The molecule has 0 atom stereocenters. The molecule has 5 heteroatoms. The predicted molar refractivity (Wildman–Crippen MR) is 107 cm³/mol. The molecule has 0 radical (unpaired) electrons. The summed E-state index contributed by atoms with van der Waals surface area (Å²) in [5.41, 5.74) is 9.51. The second-order valence-corrected chi connectivity index (χ2v) is 7.15. The van der Waals surface area contributed by atoms with Crippen molar-refractivity contribution >= 4 is 17.3 Å². The highest BCUT2D eigenvalue weighted by molar-refractivity contribution is 6.00. The van der Waals surface area contributed by atoms with Crippen LogP contribution in [-0.2, 0) is 6.54 Å². The Kier molecular flexibility index (Phi) is 5.78. The highest BCUT2D eigenvalue weighted by atomic mass is 16.1. The first-order valence-electron chi connectivity index (χ1n) is 9.24. The lowest BCUT2D eigenvalue weighted by Crippen LogP contribution is -2.46. The number of nitrogens with zero attached hydrogens (tertiary/aromatic N) is 2. The van der Waals surface area contributed by atoms with E-state index in [9.17, 15) is 4.79 Å². The van der Waals surface area contributed by atoms with Crippen LogP contribution in [0.15, 0.2) is 48.5 Å². The van der Waals surface area contributed by atoms with Gasteiger partial charge in [0.2, 0.25) is 0 Å². The van der Waals surface area contributed by atoms with E-state index in [0.29, 0.717) is 11.3 Å². The Morgan fingerprint density at radius 1 is 1.08 bits per heavy atom. The second-order valence-electron chi connectivity index (χ2n) is 7.15. The van der Waals surface area contributed by atoms with Gasteiger partial charge in [0, 0.05) is 50.1 Å². The number of hydrogen-bond donors (Lipinski definition) is 2. The van der Waals surface area contributed by atoms with Crippen LogP contribution in [0.25, 0.3) is 0 Å². The molecule has 0 saturated carbocycles. The summed E-state index contributed by atoms with van der Waals surface area (Å²) in [6, 6.07) is 16.3. The van der Waals surface area contributed by atoms with Gasteiger partial charge in [-0.1, -0.05) is 30.3 Å². The number of amides is 1. The minimum Gasteiger partial charge on any atom is -0.399 e. The molecule has 1 heterocycles. The molecule has 3 rings (SSSR count). The smallest absolute Gasteiger partial charge is 0.253 e. The average Bonchev–Trinajstić information content (AvgIpc) is 2.63. The maximum absolute atomic E-state index is 12.6. The highest BCUT2D eigenvalue weighted by Gasteiger charge is 2.22. The molecular formula is C21H28N4O. The molecule has 5 nitrogen and oxygen atoms in total. The summed E-state index contributed by atoms with van der Waals surface area (Å²) in [5, 5.41) is 2.98. The Labute approximate surface area is 155 Å². The number of hydrogen-bond acceptors (Lipinski definition) is 4. The van der Waals surface area contributed by atoms with Gasteiger partial charge in [0.25, 0.3) is 5.91 Å². The first-order valence-corrected chi connectivity index (χ1v) is 9.24. The zero-order valence-electron chi connectivity index (χ0n) is 15.6. The third kappa shape index (κ3) is 4.55. The van der Waals surface area contributed by atoms with E-state index in [4.69, 9.17) is 5.73 Å². The van der Waals surface area contributed by atoms with Crippen molar-refractivity contribution in [1.29, 1.82) is 0 Å². The number of carbonyl (C=O) groups is 1. The number of rotatable bonds is 5. The Balaban J connectivity index is 1.68. The van der Waals surface area contributed by atoms with E-state index in [1.54, 1.807) is 6.07 Å². The largest absolute Gasteiger partial charge is 0.399 e. The van der Waals surface area contributed by atoms with Gasteiger partial charge >= 0.3 is 0 Å². The number of nitrogens with two attached hydrogens (primary N) is 1. The van der Waals surface area contributed by atoms with Crippen molar-refractivity contribution in [2.24, 2.45) is 0 Å². The lowest BCUT2D eigenvalue weighted by Gasteiger charge is -2.37. The van der Waals surface area contributed by atoms with Crippen molar-refractivity contribution in [2.75, 3.05) is 36.8 Å². The summed E-state index contributed by atoms with van der Waals surface area (Å²) in [7, 11) is 0. The van der Waals surface area contributed by atoms with E-state index in [1.165, 1.54) is 5.56 Å². The quantitative estimate of drug-likeness (QED) is 0.812. The summed E-state index contributed by atoms with van der Waals surface area (Å²) in [4.78, 5) is 17.3. The van der Waals surface area contributed by atoms with Crippen LogP contribution in [0.1, 0.15) is 29.8 Å². The zero-order chi connectivity index (χ0) is 18.5. The molecule has 26 heavy (non-hydrogen) atoms. The summed E-state index contributed by atoms with van der Waals surface area (Å²) in [5.74, 6) is -0.0611. The van der Waals surface area contributed by atoms with Crippen molar-refractivity contribution in [1.82, 2.24) is 10.2 Å². The molecule has 0 aliphatic carbocycles. The molecule has 1 amide bonds. The molecule has 1 aliphatic heterocycles. The van der Waals surface area contributed by atoms with E-state index >= 15 is 0 Å². The van der Waals surface area contributed by atoms with Crippen molar-refractivity contribution in [3.63, 3.8) is 0 Å². The van der Waals surface area contributed by atoms with E-state index < -0.39 is 0 Å². The van der Waals surface area contributed by atoms with Crippen LogP contribution in [0.4, 0.5) is 11.4 Å². The third-order valence-electron chi connectivity index (χ3n) is 4.65. The van der Waals surface area contributed by atoms with E-state index in [2.05, 4.69) is 39.4 Å². The molecule has 138 valence electrons. The van der Waals surface area contributed by atoms with Gasteiger partial charge in [0.1, 0.15) is 0 Å². The fourth-order valence-corrected chi connectivity index (χ4v) is 3.34. The summed E-state index contributed by atoms with van der Waals surface area (Å²) in [6.07, 6.45) is 0. The van der Waals surface area contributed by atoms with Gasteiger partial charge in [-0.2, -0.15) is 0 Å². The van der Waals surface area contributed by atoms with Crippen LogP contribution >= 0.6 is 0 Å². The standard InChI is InChI=1S/C21H28N4O/c1-16(2)23-21(26)19-14-18(22)8-9-20(19)25-12-10-24(11-13-25)15-17-6-4-3-5-7-17/h3-9,14,16H,10-13,15,22H2,1-2H3,(H,23,26). The maximum Gasteiger partial charge on any atom is 0.253 e. The molecule has 3 N–H and O–H groups in total. The lowest BCUT2D eigenvalue weighted by atomic mass is 10.1. The van der Waals surface area contributed by atoms with Crippen LogP contribution in [0.5, 0.6) is 0 Å². The number of nitrogen functional groups attached to an aromatic ring is 1. The molecule has 0 spiro atoms. The van der Waals surface area contributed by atoms with Crippen LogP contribution in [-0.4, -0.2) is 43.0 Å². The number of carbonyl (C=O) groups excluding carboxylic acids is 1. The molecule has 1 aliphatic rings. The van der Waals surface area contributed by atoms with E-state index in [1.807, 2.05) is 32.0 Å². The Morgan fingerprint density at radius 3 is 2.42 bits per heavy atom. The highest BCUT2D eigenvalue weighted by Crippen LogP contribution is 2.25. The monoisotopic (exact) mass is 352 g/mol. The first-order chi connectivity index (χ1) is 12.5. The van der Waals surface area contributed by atoms with Gasteiger partial charge < -0.3 is 16.0 Å². The fraction of sp³-hybridized carbons (Fsp3) is 0.381. The van der Waals surface area contributed by atoms with Gasteiger partial charge in [-0.15, -0.1) is 0 Å². The van der Waals surface area contributed by atoms with Crippen LogP contribution in [0.3, 0.4) is 0 Å². The van der Waals surface area contributed by atoms with Crippen molar-refractivity contribution in [3.05, 3.63) is 59.7 Å². The maximum atomic E-state index is 12.6. The molecular weight excluding hydrogens is 324 g/mol. The molecule has 0 unspecified atom stereocenters. The molecule has 0 bridgehead atoms. The van der Waals surface area contributed by atoms with Gasteiger partial charge in [-0.05, 0) is 37.6 Å². The third-order valence-corrected chi connectivity index (χ3v) is 4.65. The predicted octanol–water partition coefficient (Wildman–Crippen LogP) is 2.73. The Bertz CT molecular complexity index is 737. The number of nitrogens with one attached hydrogen (secondary N) is 1. The Morgan fingerprint density at radius 2 is 1.77 bits per heavy atom. The van der Waals surface area contributed by atoms with Crippen molar-refractivity contribution in [3.8, 4) is 0 Å². The topological polar surface area (TPSA) is 61.6 Å².